The predicted molar refractivity (Wildman–Crippen MR) is 35.5 cm³/mol. The van der Waals surface area contributed by atoms with E-state index in [4.69, 9.17) is 0 Å². The van der Waals surface area contributed by atoms with Crippen LogP contribution >= 0.6 is 0 Å². The maximum absolute atomic E-state index is 2.35. The Kier molecular flexibility index (Phi) is 4.02. The van der Waals surface area contributed by atoms with Gasteiger partial charge in [0.15, 0.2) is 0 Å². The van der Waals surface area contributed by atoms with Crippen LogP contribution in [0, 0.1) is 11.8 Å². The summed E-state index contributed by atoms with van der Waals surface area (Å²) in [4.78, 5) is 0. The van der Waals surface area contributed by atoms with Crippen LogP contribution in [0.25, 0.3) is 0 Å². The van der Waals surface area contributed by atoms with E-state index < -0.39 is 0 Å². The van der Waals surface area contributed by atoms with Gasteiger partial charge < -0.3 is 12.4 Å². The molecule has 2 bridgehead atoms. The summed E-state index contributed by atoms with van der Waals surface area (Å²) in [6.07, 6.45) is 8.86. The number of halogens is 1. The van der Waals surface area contributed by atoms with E-state index in [0.29, 0.717) is 0 Å². The van der Waals surface area contributed by atoms with Crippen LogP contribution in [0.4, 0.5) is 0 Å². The third kappa shape index (κ3) is 1.79. The Morgan fingerprint density at radius 1 is 1.44 bits per heavy atom. The maximum atomic E-state index is 2.35. The molecule has 2 heteroatoms. The molecule has 0 amide bonds. The zero-order valence-corrected chi connectivity index (χ0v) is 7.61. The molecular formula is C7H9ClMg. The Hall–Kier alpha value is 0.666. The molecule has 9 heavy (non-hydrogen) atoms. The molecule has 1 saturated carbocycles. The van der Waals surface area contributed by atoms with Crippen LogP contribution in [0.15, 0.2) is 12.2 Å². The molecule has 2 rings (SSSR count). The first-order chi connectivity index (χ1) is 3.45. The van der Waals surface area contributed by atoms with Crippen molar-refractivity contribution in [2.75, 3.05) is 0 Å². The molecule has 2 aliphatic rings. The van der Waals surface area contributed by atoms with Crippen LogP contribution in [-0.4, -0.2) is 23.1 Å². The fraction of sp³-hybridized carbons (Fsp3) is 0.571. The zero-order chi connectivity index (χ0) is 4.69. The Morgan fingerprint density at radius 2 is 2.22 bits per heavy atom. The largest absolute Gasteiger partial charge is 2.00 e. The van der Waals surface area contributed by atoms with Gasteiger partial charge in [0.25, 0.3) is 0 Å². The summed E-state index contributed by atoms with van der Waals surface area (Å²) >= 11 is 0. The predicted octanol–water partition coefficient (Wildman–Crippen LogP) is -1.45. The van der Waals surface area contributed by atoms with E-state index in [2.05, 4.69) is 12.2 Å². The van der Waals surface area contributed by atoms with E-state index in [9.17, 15) is 0 Å². The maximum Gasteiger partial charge on any atom is 2.00 e. The van der Waals surface area contributed by atoms with E-state index in [1.165, 1.54) is 19.3 Å². The van der Waals surface area contributed by atoms with Gasteiger partial charge in [-0.25, -0.2) is 18.1 Å². The second kappa shape index (κ2) is 3.74. The van der Waals surface area contributed by atoms with Gasteiger partial charge in [-0.05, 0) is 0 Å². The second-order valence-corrected chi connectivity index (χ2v) is 2.52. The fourth-order valence-corrected chi connectivity index (χ4v) is 1.50. The van der Waals surface area contributed by atoms with Crippen molar-refractivity contribution in [3.05, 3.63) is 18.1 Å². The summed E-state index contributed by atoms with van der Waals surface area (Å²) in [7, 11) is 0. The van der Waals surface area contributed by atoms with Gasteiger partial charge in [0.05, 0.1) is 0 Å². The second-order valence-electron chi connectivity index (χ2n) is 2.52. The molecule has 46 valence electrons. The van der Waals surface area contributed by atoms with Crippen molar-refractivity contribution < 1.29 is 12.4 Å². The van der Waals surface area contributed by atoms with Gasteiger partial charge in [0.2, 0.25) is 0 Å². The standard InChI is InChI=1S/C7H9.ClH.Mg/c1-2-7-4-3-6(1)5-7;;/h1-2,6H,3-5H2;1H;/q-1;;+2/p-1. The average Bonchev–Trinajstić information content (AvgIpc) is 2.22. The van der Waals surface area contributed by atoms with E-state index in [1.807, 2.05) is 0 Å². The van der Waals surface area contributed by atoms with Gasteiger partial charge in [-0.2, -0.15) is 0 Å². The Labute approximate surface area is 78.7 Å². The number of fused-ring (bicyclic) bond motifs is 2. The smallest absolute Gasteiger partial charge is 1.00 e. The molecule has 1 unspecified atom stereocenters. The van der Waals surface area contributed by atoms with Crippen LogP contribution in [-0.2, 0) is 0 Å². The molecule has 0 saturated heterocycles. The van der Waals surface area contributed by atoms with E-state index >= 15 is 0 Å². The van der Waals surface area contributed by atoms with Crippen LogP contribution in [0.5, 0.6) is 0 Å². The summed E-state index contributed by atoms with van der Waals surface area (Å²) in [5.41, 5.74) is 0. The van der Waals surface area contributed by atoms with Crippen molar-refractivity contribution in [2.24, 2.45) is 5.92 Å². The molecule has 0 heterocycles. The van der Waals surface area contributed by atoms with Gasteiger partial charge in [-0.15, -0.1) is 12.3 Å². The Morgan fingerprint density at radius 3 is 2.33 bits per heavy atom. The number of hydrogen-bond acceptors (Lipinski definition) is 0. The molecule has 0 nitrogen and oxygen atoms in total. The van der Waals surface area contributed by atoms with Crippen molar-refractivity contribution in [1.29, 1.82) is 0 Å². The first kappa shape index (κ1) is 9.67. The molecule has 0 spiro atoms. The van der Waals surface area contributed by atoms with Gasteiger partial charge in [0.1, 0.15) is 0 Å². The van der Waals surface area contributed by atoms with Crippen molar-refractivity contribution >= 4 is 23.1 Å². The fourth-order valence-electron chi connectivity index (χ4n) is 1.50. The quantitative estimate of drug-likeness (QED) is 0.295. The number of hydrogen-bond donors (Lipinski definition) is 0. The first-order valence-corrected chi connectivity index (χ1v) is 2.98. The molecule has 0 radical (unpaired) electrons. The normalized spacial score (nSPS) is 27.6. The number of allylic oxidation sites excluding steroid dienone is 2. The zero-order valence-electron chi connectivity index (χ0n) is 5.44. The summed E-state index contributed by atoms with van der Waals surface area (Å²) in [6.45, 7) is 0. The molecule has 0 N–H and O–H groups in total. The van der Waals surface area contributed by atoms with Crippen LogP contribution in [0.2, 0.25) is 0 Å². The van der Waals surface area contributed by atoms with Crippen LogP contribution in [0.3, 0.4) is 0 Å². The van der Waals surface area contributed by atoms with Crippen molar-refractivity contribution in [1.82, 2.24) is 0 Å². The first-order valence-electron chi connectivity index (χ1n) is 2.98. The van der Waals surface area contributed by atoms with Crippen LogP contribution in [0.1, 0.15) is 19.3 Å². The summed E-state index contributed by atoms with van der Waals surface area (Å²) in [5.74, 6) is 2.64. The third-order valence-corrected chi connectivity index (χ3v) is 1.96. The summed E-state index contributed by atoms with van der Waals surface area (Å²) in [5, 5.41) is 0. The molecule has 0 aromatic rings. The Balaban J connectivity index is 0.000000320. The summed E-state index contributed by atoms with van der Waals surface area (Å²) < 4.78 is 0. The van der Waals surface area contributed by atoms with Gasteiger partial charge >= 0.3 is 23.1 Å². The van der Waals surface area contributed by atoms with Crippen molar-refractivity contribution in [3.63, 3.8) is 0 Å². The minimum Gasteiger partial charge on any atom is -1.00 e. The van der Waals surface area contributed by atoms with Crippen LogP contribution < -0.4 is 12.4 Å². The van der Waals surface area contributed by atoms with Crippen molar-refractivity contribution in [2.45, 2.75) is 19.3 Å². The Bertz CT molecular complexity index is 99.5. The minimum atomic E-state index is 0. The minimum absolute atomic E-state index is 0. The van der Waals surface area contributed by atoms with Crippen molar-refractivity contribution in [3.8, 4) is 0 Å². The average molecular weight is 153 g/mol. The molecule has 1 fully saturated rings. The molecule has 0 aromatic heterocycles. The van der Waals surface area contributed by atoms with E-state index in [0.717, 1.165) is 5.92 Å². The van der Waals surface area contributed by atoms with Gasteiger partial charge in [0, 0.05) is 0 Å². The topological polar surface area (TPSA) is 0 Å². The third-order valence-electron chi connectivity index (χ3n) is 1.96. The molecule has 0 aliphatic heterocycles. The SMILES string of the molecule is C1=CC2CC[C-]1C2.[Cl-].[Mg+2]. The van der Waals surface area contributed by atoms with E-state index in [1.54, 1.807) is 5.92 Å². The molecule has 0 aromatic carbocycles. The number of rotatable bonds is 0. The van der Waals surface area contributed by atoms with E-state index in [-0.39, 0.29) is 35.5 Å². The summed E-state index contributed by atoms with van der Waals surface area (Å²) in [6, 6.07) is 0. The monoisotopic (exact) mass is 152 g/mol. The molecule has 1 atom stereocenters. The molecular weight excluding hydrogens is 144 g/mol. The molecule has 2 aliphatic carbocycles. The van der Waals surface area contributed by atoms with Gasteiger partial charge in [-0.3, -0.25) is 0 Å². The van der Waals surface area contributed by atoms with Gasteiger partial charge in [-0.1, -0.05) is 12.8 Å².